The molecule has 7 nitrogen and oxygen atoms in total. The fourth-order valence-corrected chi connectivity index (χ4v) is 5.85. The molecule has 0 spiro atoms. The predicted octanol–water partition coefficient (Wildman–Crippen LogP) is 3.38. The Bertz CT molecular complexity index is 952. The Morgan fingerprint density at radius 2 is 1.91 bits per heavy atom. The average Bonchev–Trinajstić information content (AvgIpc) is 3.33. The average molecular weight is 458 g/mol. The van der Waals surface area contributed by atoms with Gasteiger partial charge in [-0.1, -0.05) is 23.9 Å². The molecule has 8 heteroatoms. The molecule has 0 bridgehead atoms. The summed E-state index contributed by atoms with van der Waals surface area (Å²) in [6.07, 6.45) is 2.65. The summed E-state index contributed by atoms with van der Waals surface area (Å²) in [5.41, 5.74) is 3.44. The molecule has 174 valence electrons. The number of amides is 1. The van der Waals surface area contributed by atoms with Crippen LogP contribution in [0.4, 0.5) is 0 Å². The molecular formula is C24H35N5O2S. The Kier molecular flexibility index (Phi) is 7.22. The van der Waals surface area contributed by atoms with Crippen molar-refractivity contribution in [2.45, 2.75) is 70.9 Å². The van der Waals surface area contributed by atoms with Crippen molar-refractivity contribution in [3.63, 3.8) is 0 Å². The van der Waals surface area contributed by atoms with Gasteiger partial charge in [-0.25, -0.2) is 0 Å². The van der Waals surface area contributed by atoms with E-state index in [9.17, 15) is 4.79 Å². The number of morpholine rings is 1. The second-order valence-corrected chi connectivity index (χ2v) is 10.2. The minimum Gasteiger partial charge on any atom is -0.373 e. The monoisotopic (exact) mass is 457 g/mol. The number of hydrogen-bond acceptors (Lipinski definition) is 6. The molecule has 0 aliphatic carbocycles. The minimum atomic E-state index is 0.194. The predicted molar refractivity (Wildman–Crippen MR) is 127 cm³/mol. The van der Waals surface area contributed by atoms with Crippen LogP contribution in [-0.2, 0) is 9.53 Å². The van der Waals surface area contributed by atoms with Crippen LogP contribution in [0.15, 0.2) is 23.4 Å². The van der Waals surface area contributed by atoms with Crippen molar-refractivity contribution >= 4 is 17.7 Å². The van der Waals surface area contributed by atoms with E-state index in [1.54, 1.807) is 0 Å². The molecule has 2 aromatic rings. The molecular weight excluding hydrogens is 422 g/mol. The molecule has 0 saturated carbocycles. The first-order valence-electron chi connectivity index (χ1n) is 11.6. The van der Waals surface area contributed by atoms with Crippen molar-refractivity contribution < 1.29 is 9.53 Å². The molecule has 2 saturated heterocycles. The number of carbonyl (C=O) groups is 1. The van der Waals surface area contributed by atoms with E-state index >= 15 is 0 Å². The first-order valence-corrected chi connectivity index (χ1v) is 12.6. The molecule has 2 fully saturated rings. The molecule has 1 amide bonds. The van der Waals surface area contributed by atoms with Gasteiger partial charge in [0.15, 0.2) is 5.16 Å². The third-order valence-corrected chi connectivity index (χ3v) is 7.30. The quantitative estimate of drug-likeness (QED) is 0.620. The SMILES string of the molecule is Cc1ccc(C)c(-n2c(C)nnc2SCC(=O)N2CCCC2CN2CC(C)OC(C)C2)c1. The van der Waals surface area contributed by atoms with E-state index < -0.39 is 0 Å². The molecule has 2 aliphatic rings. The van der Waals surface area contributed by atoms with Gasteiger partial charge in [0.2, 0.25) is 5.91 Å². The van der Waals surface area contributed by atoms with Crippen LogP contribution in [-0.4, -0.2) is 80.7 Å². The Morgan fingerprint density at radius 1 is 1.16 bits per heavy atom. The number of nitrogens with zero attached hydrogens (tertiary/aromatic N) is 5. The lowest BCUT2D eigenvalue weighted by molar-refractivity contribution is -0.130. The Hall–Kier alpha value is -1.90. The van der Waals surface area contributed by atoms with Gasteiger partial charge in [-0.2, -0.15) is 0 Å². The summed E-state index contributed by atoms with van der Waals surface area (Å²) in [5, 5.41) is 9.44. The zero-order chi connectivity index (χ0) is 22.8. The number of aromatic nitrogens is 3. The van der Waals surface area contributed by atoms with Crippen LogP contribution in [0.2, 0.25) is 0 Å². The summed E-state index contributed by atoms with van der Waals surface area (Å²) < 4.78 is 7.94. The lowest BCUT2D eigenvalue weighted by atomic mass is 10.1. The number of thioether (sulfide) groups is 1. The normalized spacial score (nSPS) is 24.3. The highest BCUT2D eigenvalue weighted by molar-refractivity contribution is 7.99. The van der Waals surface area contributed by atoms with Gasteiger partial charge in [0.1, 0.15) is 5.82 Å². The molecule has 1 aromatic carbocycles. The summed E-state index contributed by atoms with van der Waals surface area (Å²) in [5.74, 6) is 1.42. The lowest BCUT2D eigenvalue weighted by Crippen LogP contribution is -2.51. The summed E-state index contributed by atoms with van der Waals surface area (Å²) in [7, 11) is 0. The van der Waals surface area contributed by atoms with Gasteiger partial charge in [-0.05, 0) is 64.7 Å². The fourth-order valence-electron chi connectivity index (χ4n) is 4.97. The lowest BCUT2D eigenvalue weighted by Gasteiger charge is -2.38. The first kappa shape index (κ1) is 23.3. The van der Waals surface area contributed by atoms with E-state index in [2.05, 4.69) is 70.5 Å². The molecule has 3 atom stereocenters. The van der Waals surface area contributed by atoms with E-state index in [1.807, 2.05) is 6.92 Å². The summed E-state index contributed by atoms with van der Waals surface area (Å²) >= 11 is 1.49. The maximum Gasteiger partial charge on any atom is 0.233 e. The van der Waals surface area contributed by atoms with Crippen molar-refractivity contribution in [2.75, 3.05) is 31.9 Å². The third-order valence-electron chi connectivity index (χ3n) is 6.39. The smallest absolute Gasteiger partial charge is 0.233 e. The Morgan fingerprint density at radius 3 is 2.66 bits per heavy atom. The Labute approximate surface area is 195 Å². The Balaban J connectivity index is 1.41. The molecule has 0 N–H and O–H groups in total. The molecule has 4 rings (SSSR count). The van der Waals surface area contributed by atoms with E-state index in [4.69, 9.17) is 4.74 Å². The van der Waals surface area contributed by atoms with Crippen LogP contribution in [0.3, 0.4) is 0 Å². The van der Waals surface area contributed by atoms with E-state index in [0.29, 0.717) is 11.8 Å². The maximum absolute atomic E-state index is 13.2. The van der Waals surface area contributed by atoms with E-state index in [1.165, 1.54) is 22.9 Å². The molecule has 3 heterocycles. The standard InChI is InChI=1S/C24H35N5O2S/c1-16-8-9-17(2)22(11-16)29-20(5)25-26-24(29)32-15-23(30)28-10-6-7-21(28)14-27-12-18(3)31-19(4)13-27/h8-9,11,18-19,21H,6-7,10,12-15H2,1-5H3. The molecule has 2 aliphatic heterocycles. The topological polar surface area (TPSA) is 63.5 Å². The highest BCUT2D eigenvalue weighted by atomic mass is 32.2. The summed E-state index contributed by atoms with van der Waals surface area (Å²) in [6, 6.07) is 6.67. The number of aryl methyl sites for hydroxylation is 3. The van der Waals surface area contributed by atoms with Crippen LogP contribution < -0.4 is 0 Å². The fraction of sp³-hybridized carbons (Fsp3) is 0.625. The zero-order valence-corrected chi connectivity index (χ0v) is 20.7. The van der Waals surface area contributed by atoms with Gasteiger partial charge in [0, 0.05) is 32.2 Å². The van der Waals surface area contributed by atoms with Gasteiger partial charge in [-0.15, -0.1) is 10.2 Å². The number of benzene rings is 1. The number of ether oxygens (including phenoxy) is 1. The van der Waals surface area contributed by atoms with Gasteiger partial charge in [-0.3, -0.25) is 14.3 Å². The van der Waals surface area contributed by atoms with E-state index in [0.717, 1.165) is 55.7 Å². The molecule has 0 radical (unpaired) electrons. The number of rotatable bonds is 6. The molecule has 1 aromatic heterocycles. The third kappa shape index (κ3) is 5.18. The van der Waals surface area contributed by atoms with Gasteiger partial charge >= 0.3 is 0 Å². The van der Waals surface area contributed by atoms with Gasteiger partial charge < -0.3 is 9.64 Å². The second-order valence-electron chi connectivity index (χ2n) is 9.30. The van der Waals surface area contributed by atoms with Crippen molar-refractivity contribution in [3.8, 4) is 5.69 Å². The minimum absolute atomic E-state index is 0.194. The van der Waals surface area contributed by atoms with Crippen molar-refractivity contribution in [3.05, 3.63) is 35.2 Å². The molecule has 32 heavy (non-hydrogen) atoms. The summed E-state index contributed by atoms with van der Waals surface area (Å²) in [6.45, 7) is 14.1. The largest absolute Gasteiger partial charge is 0.373 e. The number of likely N-dealkylation sites (tertiary alicyclic amines) is 1. The van der Waals surface area contributed by atoms with Crippen molar-refractivity contribution in [2.24, 2.45) is 0 Å². The highest BCUT2D eigenvalue weighted by Crippen LogP contribution is 2.27. The maximum atomic E-state index is 13.2. The summed E-state index contributed by atoms with van der Waals surface area (Å²) in [4.78, 5) is 17.7. The van der Waals surface area contributed by atoms with Gasteiger partial charge in [0.25, 0.3) is 0 Å². The zero-order valence-electron chi connectivity index (χ0n) is 19.9. The molecule has 3 unspecified atom stereocenters. The van der Waals surface area contributed by atoms with Gasteiger partial charge in [0.05, 0.1) is 23.6 Å². The van der Waals surface area contributed by atoms with Crippen LogP contribution in [0.5, 0.6) is 0 Å². The van der Waals surface area contributed by atoms with Crippen LogP contribution in [0.1, 0.15) is 43.6 Å². The van der Waals surface area contributed by atoms with Crippen LogP contribution in [0.25, 0.3) is 5.69 Å². The van der Waals surface area contributed by atoms with Crippen LogP contribution in [0, 0.1) is 20.8 Å². The highest BCUT2D eigenvalue weighted by Gasteiger charge is 2.32. The van der Waals surface area contributed by atoms with E-state index in [-0.39, 0.29) is 18.1 Å². The number of carbonyl (C=O) groups excluding carboxylic acids is 1. The van der Waals surface area contributed by atoms with Crippen LogP contribution >= 0.6 is 11.8 Å². The first-order chi connectivity index (χ1) is 15.3. The second kappa shape index (κ2) is 9.93. The number of hydrogen-bond donors (Lipinski definition) is 0. The van der Waals surface area contributed by atoms with Crippen molar-refractivity contribution in [1.82, 2.24) is 24.6 Å². The van der Waals surface area contributed by atoms with Crippen molar-refractivity contribution in [1.29, 1.82) is 0 Å².